The molecule has 1 unspecified atom stereocenters. The van der Waals surface area contributed by atoms with E-state index in [2.05, 4.69) is 5.92 Å². The summed E-state index contributed by atoms with van der Waals surface area (Å²) in [7, 11) is 0. The van der Waals surface area contributed by atoms with Crippen LogP contribution in [-0.4, -0.2) is 37.1 Å². The van der Waals surface area contributed by atoms with Crippen LogP contribution in [0.25, 0.3) is 0 Å². The first-order valence-electron chi connectivity index (χ1n) is 6.56. The molecular formula is C15H19NO2S. The van der Waals surface area contributed by atoms with Gasteiger partial charge in [-0.25, -0.2) is 0 Å². The summed E-state index contributed by atoms with van der Waals surface area (Å²) < 4.78 is 5.39. The molecule has 0 aliphatic carbocycles. The molecule has 19 heavy (non-hydrogen) atoms. The van der Waals surface area contributed by atoms with Crippen LogP contribution >= 0.6 is 11.3 Å². The highest BCUT2D eigenvalue weighted by Crippen LogP contribution is 2.21. The van der Waals surface area contributed by atoms with Crippen LogP contribution in [0.2, 0.25) is 0 Å². The average Bonchev–Trinajstić information content (AvgIpc) is 2.85. The van der Waals surface area contributed by atoms with E-state index in [1.165, 1.54) is 11.3 Å². The Labute approximate surface area is 118 Å². The number of nitrogens with zero attached hydrogens (tertiary/aromatic N) is 1. The quantitative estimate of drug-likeness (QED) is 0.625. The molecule has 0 N–H and O–H groups in total. The second-order valence-corrected chi connectivity index (χ2v) is 5.88. The monoisotopic (exact) mass is 277 g/mol. The van der Waals surface area contributed by atoms with Crippen molar-refractivity contribution in [3.63, 3.8) is 0 Å². The summed E-state index contributed by atoms with van der Waals surface area (Å²) in [4.78, 5) is 15.1. The van der Waals surface area contributed by atoms with Gasteiger partial charge in [-0.1, -0.05) is 5.92 Å². The van der Waals surface area contributed by atoms with Crippen LogP contribution in [0.3, 0.4) is 0 Å². The van der Waals surface area contributed by atoms with Gasteiger partial charge in [0.25, 0.3) is 5.91 Å². The summed E-state index contributed by atoms with van der Waals surface area (Å²) in [6, 6.07) is 1.96. The van der Waals surface area contributed by atoms with Gasteiger partial charge in [0.15, 0.2) is 0 Å². The minimum atomic E-state index is 0.153. The van der Waals surface area contributed by atoms with E-state index in [1.54, 1.807) is 0 Å². The summed E-state index contributed by atoms with van der Waals surface area (Å²) in [5.41, 5.74) is 1.15. The maximum atomic E-state index is 12.4. The highest BCUT2D eigenvalue weighted by atomic mass is 32.1. The van der Waals surface area contributed by atoms with Gasteiger partial charge in [0.1, 0.15) is 6.61 Å². The topological polar surface area (TPSA) is 29.5 Å². The van der Waals surface area contributed by atoms with Gasteiger partial charge in [-0.3, -0.25) is 4.79 Å². The first-order chi connectivity index (χ1) is 9.20. The Kier molecular flexibility index (Phi) is 5.00. The van der Waals surface area contributed by atoms with Crippen molar-refractivity contribution in [3.8, 4) is 12.3 Å². The molecule has 3 nitrogen and oxygen atoms in total. The lowest BCUT2D eigenvalue weighted by molar-refractivity contribution is 0.0538. The van der Waals surface area contributed by atoms with Crippen LogP contribution in [0.1, 0.15) is 28.1 Å². The number of rotatable bonds is 4. The predicted molar refractivity (Wildman–Crippen MR) is 77.3 cm³/mol. The molecule has 1 fully saturated rings. The first-order valence-corrected chi connectivity index (χ1v) is 7.44. The zero-order chi connectivity index (χ0) is 13.7. The number of ether oxygens (including phenoxy) is 1. The van der Waals surface area contributed by atoms with E-state index in [0.717, 1.165) is 36.4 Å². The normalized spacial score (nSPS) is 19.2. The molecule has 2 rings (SSSR count). The van der Waals surface area contributed by atoms with Gasteiger partial charge in [-0.05, 0) is 36.8 Å². The van der Waals surface area contributed by atoms with Crippen molar-refractivity contribution in [2.45, 2.75) is 19.8 Å². The lowest BCUT2D eigenvalue weighted by Gasteiger charge is -2.32. The Bertz CT molecular complexity index is 475. The Hall–Kier alpha value is -1.31. The van der Waals surface area contributed by atoms with E-state index in [1.807, 2.05) is 23.3 Å². The second kappa shape index (κ2) is 6.74. The van der Waals surface area contributed by atoms with Crippen molar-refractivity contribution in [1.29, 1.82) is 0 Å². The molecule has 1 aliphatic heterocycles. The van der Waals surface area contributed by atoms with Gasteiger partial charge < -0.3 is 9.64 Å². The van der Waals surface area contributed by atoms with E-state index >= 15 is 0 Å². The number of thiophene rings is 1. The minimum absolute atomic E-state index is 0.153. The summed E-state index contributed by atoms with van der Waals surface area (Å²) in [5.74, 6) is 3.03. The number of likely N-dealkylation sites (tertiary alicyclic amines) is 1. The van der Waals surface area contributed by atoms with Crippen LogP contribution in [0, 0.1) is 25.2 Å². The molecule has 1 amide bonds. The van der Waals surface area contributed by atoms with Crippen LogP contribution in [0.15, 0.2) is 11.4 Å². The molecule has 0 spiro atoms. The van der Waals surface area contributed by atoms with Crippen molar-refractivity contribution in [2.24, 2.45) is 5.92 Å². The Morgan fingerprint density at radius 3 is 3.21 bits per heavy atom. The molecule has 4 heteroatoms. The number of piperidine rings is 1. The lowest BCUT2D eigenvalue weighted by Crippen LogP contribution is -2.41. The number of aryl methyl sites for hydroxylation is 1. The molecule has 1 aromatic heterocycles. The maximum Gasteiger partial charge on any atom is 0.263 e. The van der Waals surface area contributed by atoms with Crippen LogP contribution in [0.5, 0.6) is 0 Å². The van der Waals surface area contributed by atoms with E-state index in [0.29, 0.717) is 19.1 Å². The third-order valence-electron chi connectivity index (χ3n) is 3.29. The van der Waals surface area contributed by atoms with Crippen LogP contribution < -0.4 is 0 Å². The van der Waals surface area contributed by atoms with Gasteiger partial charge in [-0.2, -0.15) is 0 Å². The number of carbonyl (C=O) groups is 1. The standard InChI is InChI=1S/C15H19NO2S/c1-3-7-18-10-13-5-4-6-16(9-13)15(17)14-8-12(2)11-19-14/h1,8,11,13H,4-7,9-10H2,2H3. The Morgan fingerprint density at radius 2 is 2.53 bits per heavy atom. The molecule has 0 aromatic carbocycles. The summed E-state index contributed by atoms with van der Waals surface area (Å²) >= 11 is 1.53. The number of hydrogen-bond donors (Lipinski definition) is 0. The van der Waals surface area contributed by atoms with Crippen molar-refractivity contribution >= 4 is 17.2 Å². The summed E-state index contributed by atoms with van der Waals surface area (Å²) in [6.07, 6.45) is 7.31. The van der Waals surface area contributed by atoms with Crippen LogP contribution in [0.4, 0.5) is 0 Å². The average molecular weight is 277 g/mol. The first kappa shape index (κ1) is 14.1. The molecule has 0 bridgehead atoms. The molecule has 0 radical (unpaired) electrons. The smallest absolute Gasteiger partial charge is 0.263 e. The Morgan fingerprint density at radius 1 is 1.68 bits per heavy atom. The highest BCUT2D eigenvalue weighted by Gasteiger charge is 2.25. The lowest BCUT2D eigenvalue weighted by atomic mass is 9.99. The third-order valence-corrected chi connectivity index (χ3v) is 4.32. The highest BCUT2D eigenvalue weighted by molar-refractivity contribution is 7.12. The number of carbonyl (C=O) groups excluding carboxylic acids is 1. The van der Waals surface area contributed by atoms with Crippen molar-refractivity contribution in [2.75, 3.05) is 26.3 Å². The van der Waals surface area contributed by atoms with Crippen molar-refractivity contribution in [3.05, 3.63) is 21.9 Å². The van der Waals surface area contributed by atoms with E-state index in [9.17, 15) is 4.79 Å². The number of amides is 1. The molecular weight excluding hydrogens is 258 g/mol. The third kappa shape index (κ3) is 3.82. The second-order valence-electron chi connectivity index (χ2n) is 4.97. The fraction of sp³-hybridized carbons (Fsp3) is 0.533. The van der Waals surface area contributed by atoms with Gasteiger partial charge in [0, 0.05) is 19.0 Å². The van der Waals surface area contributed by atoms with Crippen molar-refractivity contribution < 1.29 is 9.53 Å². The van der Waals surface area contributed by atoms with Crippen molar-refractivity contribution in [1.82, 2.24) is 4.90 Å². The number of terminal acetylenes is 1. The van der Waals surface area contributed by atoms with Gasteiger partial charge in [0.2, 0.25) is 0 Å². The molecule has 102 valence electrons. The SMILES string of the molecule is C#CCOCC1CCCN(C(=O)c2cc(C)cs2)C1. The molecule has 0 saturated carbocycles. The summed E-state index contributed by atoms with van der Waals surface area (Å²) in [5, 5.41) is 2.02. The van der Waals surface area contributed by atoms with E-state index in [4.69, 9.17) is 11.2 Å². The van der Waals surface area contributed by atoms with E-state index in [-0.39, 0.29) is 5.91 Å². The zero-order valence-corrected chi connectivity index (χ0v) is 12.0. The molecule has 1 atom stereocenters. The molecule has 1 aromatic rings. The fourth-order valence-electron chi connectivity index (χ4n) is 2.37. The van der Waals surface area contributed by atoms with Gasteiger partial charge >= 0.3 is 0 Å². The molecule has 1 aliphatic rings. The molecule has 2 heterocycles. The molecule has 1 saturated heterocycles. The number of hydrogen-bond acceptors (Lipinski definition) is 3. The van der Waals surface area contributed by atoms with Gasteiger partial charge in [0.05, 0.1) is 11.5 Å². The fourth-order valence-corrected chi connectivity index (χ4v) is 3.23. The van der Waals surface area contributed by atoms with Gasteiger partial charge in [-0.15, -0.1) is 17.8 Å². The summed E-state index contributed by atoms with van der Waals surface area (Å²) in [6.45, 7) is 4.65. The predicted octanol–water partition coefficient (Wildman–Crippen LogP) is 2.56. The Balaban J connectivity index is 1.90. The minimum Gasteiger partial charge on any atom is -0.368 e. The zero-order valence-electron chi connectivity index (χ0n) is 11.2. The largest absolute Gasteiger partial charge is 0.368 e. The maximum absolute atomic E-state index is 12.4. The van der Waals surface area contributed by atoms with E-state index < -0.39 is 0 Å². The van der Waals surface area contributed by atoms with Crippen LogP contribution in [-0.2, 0) is 4.74 Å².